The minimum atomic E-state index is -0.221. The predicted molar refractivity (Wildman–Crippen MR) is 83.1 cm³/mol. The van der Waals surface area contributed by atoms with E-state index >= 15 is 0 Å². The Morgan fingerprint density at radius 2 is 2.23 bits per heavy atom. The Labute approximate surface area is 131 Å². The molecule has 22 heavy (non-hydrogen) atoms. The van der Waals surface area contributed by atoms with Crippen molar-refractivity contribution < 1.29 is 9.53 Å². The molecule has 0 aromatic carbocycles. The fourth-order valence-electron chi connectivity index (χ4n) is 1.69. The summed E-state index contributed by atoms with van der Waals surface area (Å²) in [5.74, 6) is 5.75. The molecular weight excluding hydrogens is 280 g/mol. The zero-order chi connectivity index (χ0) is 16.0. The molecule has 1 saturated carbocycles. The smallest absolute Gasteiger partial charge is 0.295 e. The minimum Gasteiger partial charge on any atom is -0.378 e. The van der Waals surface area contributed by atoms with Crippen molar-refractivity contribution in [1.29, 1.82) is 0 Å². The Kier molecular flexibility index (Phi) is 5.56. The van der Waals surface area contributed by atoms with Gasteiger partial charge in [0.15, 0.2) is 0 Å². The van der Waals surface area contributed by atoms with Gasteiger partial charge in [-0.05, 0) is 18.8 Å². The van der Waals surface area contributed by atoms with Crippen molar-refractivity contribution in [3.63, 3.8) is 0 Å². The molecule has 2 rings (SSSR count). The van der Waals surface area contributed by atoms with Crippen LogP contribution >= 0.6 is 0 Å². The number of hydrogen-bond acceptors (Lipinski definition) is 4. The van der Waals surface area contributed by atoms with E-state index in [0.29, 0.717) is 32.2 Å². The summed E-state index contributed by atoms with van der Waals surface area (Å²) >= 11 is 0. The normalized spacial score (nSPS) is 14.3. The first-order valence-corrected chi connectivity index (χ1v) is 7.73. The molecule has 6 heteroatoms. The van der Waals surface area contributed by atoms with Crippen LogP contribution in [0.25, 0.3) is 0 Å². The quantitative estimate of drug-likeness (QED) is 0.632. The van der Waals surface area contributed by atoms with E-state index in [2.05, 4.69) is 48.2 Å². The van der Waals surface area contributed by atoms with Crippen molar-refractivity contribution in [3.8, 4) is 11.8 Å². The van der Waals surface area contributed by atoms with Crippen LogP contribution in [0, 0.1) is 17.8 Å². The lowest BCUT2D eigenvalue weighted by molar-refractivity contribution is -0.115. The molecule has 0 atom stereocenters. The molecular formula is C16H24N4O2. The molecule has 1 aromatic rings. The average Bonchev–Trinajstić information content (AvgIpc) is 3.15. The number of nitrogens with zero attached hydrogens (tertiary/aromatic N) is 3. The number of carbonyl (C=O) groups excluding carboxylic acids is 1. The second-order valence-electron chi connectivity index (χ2n) is 6.53. The second kappa shape index (κ2) is 7.41. The molecule has 1 heterocycles. The van der Waals surface area contributed by atoms with Crippen LogP contribution in [0.5, 0.6) is 0 Å². The fourth-order valence-corrected chi connectivity index (χ4v) is 1.69. The van der Waals surface area contributed by atoms with E-state index in [1.54, 1.807) is 4.68 Å². The van der Waals surface area contributed by atoms with Crippen molar-refractivity contribution in [3.05, 3.63) is 11.9 Å². The van der Waals surface area contributed by atoms with Gasteiger partial charge in [0.1, 0.15) is 0 Å². The lowest BCUT2D eigenvalue weighted by Crippen LogP contribution is -2.26. The number of nitrogens with one attached hydrogen (secondary N) is 1. The summed E-state index contributed by atoms with van der Waals surface area (Å²) in [5.41, 5.74) is 0.972. The summed E-state index contributed by atoms with van der Waals surface area (Å²) in [7, 11) is 0. The number of amides is 1. The Morgan fingerprint density at radius 1 is 1.45 bits per heavy atom. The van der Waals surface area contributed by atoms with Gasteiger partial charge in [-0.2, -0.15) is 0 Å². The van der Waals surface area contributed by atoms with E-state index in [4.69, 9.17) is 4.74 Å². The molecule has 0 bridgehead atoms. The van der Waals surface area contributed by atoms with Crippen LogP contribution in [0.4, 0.5) is 0 Å². The zero-order valence-corrected chi connectivity index (χ0v) is 13.6. The number of carbonyl (C=O) groups is 1. The summed E-state index contributed by atoms with van der Waals surface area (Å²) in [6.45, 7) is 8.45. The van der Waals surface area contributed by atoms with Crippen LogP contribution in [-0.4, -0.2) is 40.7 Å². The summed E-state index contributed by atoms with van der Waals surface area (Å²) in [6.07, 6.45) is 4.20. The van der Waals surface area contributed by atoms with E-state index in [1.165, 1.54) is 0 Å². The third-order valence-corrected chi connectivity index (χ3v) is 3.27. The molecule has 1 aromatic heterocycles. The second-order valence-corrected chi connectivity index (χ2v) is 6.53. The Bertz CT molecular complexity index is 559. The van der Waals surface area contributed by atoms with Crippen molar-refractivity contribution in [1.82, 2.24) is 20.3 Å². The van der Waals surface area contributed by atoms with Crippen LogP contribution in [-0.2, 0) is 21.5 Å². The predicted octanol–water partition coefficient (Wildman–Crippen LogP) is 1.12. The largest absolute Gasteiger partial charge is 0.378 e. The molecule has 1 amide bonds. The minimum absolute atomic E-state index is 0.00485. The first-order chi connectivity index (χ1) is 10.4. The van der Waals surface area contributed by atoms with E-state index in [0.717, 1.165) is 18.5 Å². The van der Waals surface area contributed by atoms with Crippen LogP contribution in [0.2, 0.25) is 0 Å². The van der Waals surface area contributed by atoms with Crippen molar-refractivity contribution in [2.75, 3.05) is 19.8 Å². The SMILES string of the molecule is CC(C)(C)c1cn(CCOCCNC(=O)C#CC2CC2)nn1. The van der Waals surface area contributed by atoms with Gasteiger partial charge in [0, 0.05) is 24.1 Å². The van der Waals surface area contributed by atoms with Gasteiger partial charge in [0.25, 0.3) is 5.91 Å². The van der Waals surface area contributed by atoms with Gasteiger partial charge in [0.05, 0.1) is 25.5 Å². The maximum absolute atomic E-state index is 11.4. The molecule has 0 aliphatic heterocycles. The average molecular weight is 304 g/mol. The van der Waals surface area contributed by atoms with E-state index < -0.39 is 0 Å². The summed E-state index contributed by atoms with van der Waals surface area (Å²) in [5, 5.41) is 10.9. The molecule has 1 aliphatic rings. The van der Waals surface area contributed by atoms with Crippen LogP contribution in [0.1, 0.15) is 39.3 Å². The lowest BCUT2D eigenvalue weighted by atomic mass is 9.93. The number of ether oxygens (including phenoxy) is 1. The van der Waals surface area contributed by atoms with Crippen molar-refractivity contribution in [2.45, 2.75) is 45.6 Å². The zero-order valence-electron chi connectivity index (χ0n) is 13.6. The fraction of sp³-hybridized carbons (Fsp3) is 0.688. The highest BCUT2D eigenvalue weighted by molar-refractivity contribution is 5.93. The third kappa shape index (κ3) is 5.86. The molecule has 0 saturated heterocycles. The van der Waals surface area contributed by atoms with Gasteiger partial charge in [-0.15, -0.1) is 5.10 Å². The maximum atomic E-state index is 11.4. The van der Waals surface area contributed by atoms with Gasteiger partial charge in [-0.25, -0.2) is 4.68 Å². The molecule has 0 spiro atoms. The Balaban J connectivity index is 1.55. The van der Waals surface area contributed by atoms with Gasteiger partial charge in [-0.3, -0.25) is 4.79 Å². The third-order valence-electron chi connectivity index (χ3n) is 3.27. The first-order valence-electron chi connectivity index (χ1n) is 7.73. The number of rotatable bonds is 6. The molecule has 120 valence electrons. The summed E-state index contributed by atoms with van der Waals surface area (Å²) < 4.78 is 7.25. The monoisotopic (exact) mass is 304 g/mol. The van der Waals surface area contributed by atoms with E-state index in [-0.39, 0.29) is 11.3 Å². The molecule has 1 N–H and O–H groups in total. The van der Waals surface area contributed by atoms with Crippen molar-refractivity contribution in [2.24, 2.45) is 5.92 Å². The number of aromatic nitrogens is 3. The molecule has 1 aliphatic carbocycles. The van der Waals surface area contributed by atoms with E-state index in [9.17, 15) is 4.79 Å². The molecule has 0 unspecified atom stereocenters. The topological polar surface area (TPSA) is 69.0 Å². The standard InChI is InChI=1S/C16H24N4O2/c1-16(2,3)14-12-20(19-18-14)9-11-22-10-8-17-15(21)7-6-13-4-5-13/h12-13H,4-5,8-11H2,1-3H3,(H,17,21). The van der Waals surface area contributed by atoms with Crippen LogP contribution < -0.4 is 5.32 Å². The molecule has 6 nitrogen and oxygen atoms in total. The Morgan fingerprint density at radius 3 is 2.86 bits per heavy atom. The van der Waals surface area contributed by atoms with Gasteiger partial charge in [0.2, 0.25) is 0 Å². The van der Waals surface area contributed by atoms with Gasteiger partial charge < -0.3 is 10.1 Å². The van der Waals surface area contributed by atoms with Gasteiger partial charge in [-0.1, -0.05) is 31.9 Å². The lowest BCUT2D eigenvalue weighted by Gasteiger charge is -2.12. The van der Waals surface area contributed by atoms with Gasteiger partial charge >= 0.3 is 0 Å². The maximum Gasteiger partial charge on any atom is 0.295 e. The first kappa shape index (κ1) is 16.5. The van der Waals surface area contributed by atoms with Crippen LogP contribution in [0.15, 0.2) is 6.20 Å². The van der Waals surface area contributed by atoms with Crippen molar-refractivity contribution >= 4 is 5.91 Å². The van der Waals surface area contributed by atoms with E-state index in [1.807, 2.05) is 6.20 Å². The highest BCUT2D eigenvalue weighted by atomic mass is 16.5. The summed E-state index contributed by atoms with van der Waals surface area (Å²) in [6, 6.07) is 0. The number of hydrogen-bond donors (Lipinski definition) is 1. The Hall–Kier alpha value is -1.87. The highest BCUT2D eigenvalue weighted by Crippen LogP contribution is 2.27. The molecule has 1 fully saturated rings. The van der Waals surface area contributed by atoms with Crippen LogP contribution in [0.3, 0.4) is 0 Å². The summed E-state index contributed by atoms with van der Waals surface area (Å²) in [4.78, 5) is 11.4. The highest BCUT2D eigenvalue weighted by Gasteiger charge is 2.18. The molecule has 0 radical (unpaired) electrons.